The van der Waals surface area contributed by atoms with Gasteiger partial charge < -0.3 is 10.1 Å². The van der Waals surface area contributed by atoms with Crippen LogP contribution < -0.4 is 15.0 Å². The summed E-state index contributed by atoms with van der Waals surface area (Å²) in [7, 11) is 1.69. The highest BCUT2D eigenvalue weighted by atomic mass is 16.5. The molecule has 0 bridgehead atoms. The van der Waals surface area contributed by atoms with Crippen molar-refractivity contribution in [2.75, 3.05) is 25.0 Å². The predicted molar refractivity (Wildman–Crippen MR) is 117 cm³/mol. The van der Waals surface area contributed by atoms with Gasteiger partial charge in [0.15, 0.2) is 0 Å². The summed E-state index contributed by atoms with van der Waals surface area (Å²) in [6, 6.07) is 14.2. The van der Waals surface area contributed by atoms with Gasteiger partial charge in [0.1, 0.15) is 5.75 Å². The van der Waals surface area contributed by atoms with Crippen molar-refractivity contribution in [3.05, 3.63) is 59.7 Å². The second kappa shape index (κ2) is 10.6. The average molecular weight is 398 g/mol. The van der Waals surface area contributed by atoms with Gasteiger partial charge in [-0.15, -0.1) is 0 Å². The van der Waals surface area contributed by atoms with Gasteiger partial charge in [0.05, 0.1) is 5.56 Å². The van der Waals surface area contributed by atoms with Crippen LogP contribution in [0.4, 0.5) is 10.5 Å². The quantitative estimate of drug-likeness (QED) is 0.533. The molecule has 2 rings (SSSR count). The number of hydrogen-bond donors (Lipinski definition) is 1. The molecule has 1 N–H and O–H groups in total. The minimum atomic E-state index is -0.405. The smallest absolute Gasteiger partial charge is 0.343 e. The molecule has 0 atom stereocenters. The molecule has 6 nitrogen and oxygen atoms in total. The molecule has 0 aliphatic heterocycles. The van der Waals surface area contributed by atoms with E-state index in [1.54, 1.807) is 43.4 Å². The molecule has 2 amide bonds. The van der Waals surface area contributed by atoms with Gasteiger partial charge >= 0.3 is 12.0 Å². The lowest BCUT2D eigenvalue weighted by molar-refractivity contribution is 0.0734. The van der Waals surface area contributed by atoms with Crippen molar-refractivity contribution in [3.8, 4) is 5.75 Å². The van der Waals surface area contributed by atoms with E-state index >= 15 is 0 Å². The Balaban J connectivity index is 1.97. The number of ether oxygens (including phenoxy) is 1. The molecule has 6 heteroatoms. The number of carbonyl (C=O) groups is 2. The van der Waals surface area contributed by atoms with Crippen molar-refractivity contribution in [3.63, 3.8) is 0 Å². The Morgan fingerprint density at radius 1 is 0.966 bits per heavy atom. The van der Waals surface area contributed by atoms with E-state index in [2.05, 4.69) is 24.1 Å². The number of rotatable bonds is 8. The zero-order chi connectivity index (χ0) is 21.4. The molecule has 0 aromatic heterocycles. The number of amides is 2. The van der Waals surface area contributed by atoms with Crippen LogP contribution in [0.5, 0.6) is 5.75 Å². The lowest BCUT2D eigenvalue weighted by Crippen LogP contribution is -2.40. The van der Waals surface area contributed by atoms with Gasteiger partial charge in [0.25, 0.3) is 0 Å². The van der Waals surface area contributed by atoms with Crippen molar-refractivity contribution in [1.29, 1.82) is 0 Å². The second-order valence-corrected chi connectivity index (χ2v) is 7.20. The first-order chi connectivity index (χ1) is 13.8. The highest BCUT2D eigenvalue weighted by molar-refractivity contribution is 5.92. The summed E-state index contributed by atoms with van der Waals surface area (Å²) in [5, 5.41) is 2.83. The number of carbonyl (C=O) groups excluding carboxylic acids is 2. The molecule has 0 saturated carbocycles. The van der Waals surface area contributed by atoms with Gasteiger partial charge in [-0.2, -0.15) is 0 Å². The van der Waals surface area contributed by atoms with Crippen molar-refractivity contribution < 1.29 is 14.3 Å². The van der Waals surface area contributed by atoms with Crippen LogP contribution in [0.2, 0.25) is 0 Å². The van der Waals surface area contributed by atoms with Crippen LogP contribution in [0.15, 0.2) is 48.5 Å². The Bertz CT molecular complexity index is 797. The maximum absolute atomic E-state index is 12.4. The zero-order valence-corrected chi connectivity index (χ0v) is 17.9. The molecule has 0 saturated heterocycles. The molecule has 0 radical (unpaired) electrons. The van der Waals surface area contributed by atoms with Gasteiger partial charge in [-0.3, -0.25) is 9.80 Å². The first kappa shape index (κ1) is 22.4. The molecule has 0 aliphatic carbocycles. The summed E-state index contributed by atoms with van der Waals surface area (Å²) < 4.78 is 5.46. The van der Waals surface area contributed by atoms with E-state index in [4.69, 9.17) is 4.74 Å². The van der Waals surface area contributed by atoms with Gasteiger partial charge in [-0.25, -0.2) is 9.59 Å². The molecule has 0 spiro atoms. The Labute approximate surface area is 173 Å². The first-order valence-electron chi connectivity index (χ1n) is 10.0. The molecule has 2 aromatic carbocycles. The number of urea groups is 1. The Kier molecular flexibility index (Phi) is 8.21. The predicted octanol–water partition coefficient (Wildman–Crippen LogP) is 4.30. The number of nitrogens with zero attached hydrogens (tertiary/aromatic N) is 2. The van der Waals surface area contributed by atoms with Crippen LogP contribution in [-0.2, 0) is 6.54 Å². The number of nitrogens with one attached hydrogen (secondary N) is 1. The topological polar surface area (TPSA) is 61.9 Å². The third-order valence-electron chi connectivity index (χ3n) is 4.64. The number of benzene rings is 2. The van der Waals surface area contributed by atoms with Crippen LogP contribution in [0.25, 0.3) is 0 Å². The van der Waals surface area contributed by atoms with Crippen molar-refractivity contribution in [1.82, 2.24) is 10.2 Å². The fraction of sp³-hybridized carbons (Fsp3) is 0.391. The number of esters is 1. The summed E-state index contributed by atoms with van der Waals surface area (Å²) in [5.41, 5.74) is 2.38. The molecule has 0 aliphatic rings. The summed E-state index contributed by atoms with van der Waals surface area (Å²) >= 11 is 0. The SMILES string of the molecule is CCN(CC)Cc1ccc(C(=O)Oc2ccc(N(C)C(=O)NC(C)C)cc2)cc1. The normalized spacial score (nSPS) is 10.9. The van der Waals surface area contributed by atoms with Crippen LogP contribution in [0.3, 0.4) is 0 Å². The minimum absolute atomic E-state index is 0.0589. The fourth-order valence-electron chi connectivity index (χ4n) is 2.82. The standard InChI is InChI=1S/C23H31N3O3/c1-6-26(7-2)16-18-8-10-19(11-9-18)22(27)29-21-14-12-20(13-15-21)25(5)23(28)24-17(3)4/h8-15,17H,6-7,16H2,1-5H3,(H,24,28). The van der Waals surface area contributed by atoms with E-state index in [9.17, 15) is 9.59 Å². The lowest BCUT2D eigenvalue weighted by Gasteiger charge is -2.20. The largest absolute Gasteiger partial charge is 0.423 e. The molecular weight excluding hydrogens is 366 g/mol. The number of anilines is 1. The Hall–Kier alpha value is -2.86. The highest BCUT2D eigenvalue weighted by Gasteiger charge is 2.13. The van der Waals surface area contributed by atoms with Crippen LogP contribution in [-0.4, -0.2) is 43.1 Å². The summed E-state index contributed by atoms with van der Waals surface area (Å²) in [4.78, 5) is 28.3. The maximum atomic E-state index is 12.4. The average Bonchev–Trinajstić information content (AvgIpc) is 2.72. The fourth-order valence-corrected chi connectivity index (χ4v) is 2.82. The van der Waals surface area contributed by atoms with E-state index in [-0.39, 0.29) is 12.1 Å². The van der Waals surface area contributed by atoms with Gasteiger partial charge in [0, 0.05) is 25.3 Å². The van der Waals surface area contributed by atoms with Crippen molar-refractivity contribution >= 4 is 17.7 Å². The van der Waals surface area contributed by atoms with E-state index in [0.29, 0.717) is 17.0 Å². The molecule has 0 fully saturated rings. The van der Waals surface area contributed by atoms with Crippen LogP contribution in [0.1, 0.15) is 43.6 Å². The lowest BCUT2D eigenvalue weighted by atomic mass is 10.1. The molecule has 2 aromatic rings. The van der Waals surface area contributed by atoms with Gasteiger partial charge in [-0.05, 0) is 68.9 Å². The summed E-state index contributed by atoms with van der Waals surface area (Å²) in [6.07, 6.45) is 0. The third-order valence-corrected chi connectivity index (χ3v) is 4.64. The van der Waals surface area contributed by atoms with Crippen molar-refractivity contribution in [2.24, 2.45) is 0 Å². The minimum Gasteiger partial charge on any atom is -0.423 e. The molecule has 0 heterocycles. The van der Waals surface area contributed by atoms with E-state index in [1.807, 2.05) is 26.0 Å². The van der Waals surface area contributed by atoms with Gasteiger partial charge in [0.2, 0.25) is 0 Å². The Morgan fingerprint density at radius 2 is 1.55 bits per heavy atom. The van der Waals surface area contributed by atoms with Crippen molar-refractivity contribution in [2.45, 2.75) is 40.3 Å². The monoisotopic (exact) mass is 397 g/mol. The van der Waals surface area contributed by atoms with Gasteiger partial charge in [-0.1, -0.05) is 26.0 Å². The first-order valence-corrected chi connectivity index (χ1v) is 10.0. The molecular formula is C23H31N3O3. The molecule has 156 valence electrons. The Morgan fingerprint density at radius 3 is 2.07 bits per heavy atom. The number of hydrogen-bond acceptors (Lipinski definition) is 4. The highest BCUT2D eigenvalue weighted by Crippen LogP contribution is 2.20. The zero-order valence-electron chi connectivity index (χ0n) is 17.9. The van der Waals surface area contributed by atoms with E-state index in [0.717, 1.165) is 25.2 Å². The van der Waals surface area contributed by atoms with Crippen LogP contribution >= 0.6 is 0 Å². The molecule has 29 heavy (non-hydrogen) atoms. The maximum Gasteiger partial charge on any atom is 0.343 e. The third kappa shape index (κ3) is 6.61. The molecule has 0 unspecified atom stereocenters. The van der Waals surface area contributed by atoms with E-state index in [1.165, 1.54) is 4.90 Å². The van der Waals surface area contributed by atoms with E-state index < -0.39 is 5.97 Å². The summed E-state index contributed by atoms with van der Waals surface area (Å²) in [6.45, 7) is 10.9. The second-order valence-electron chi connectivity index (χ2n) is 7.20. The van der Waals surface area contributed by atoms with Crippen LogP contribution in [0, 0.1) is 0 Å². The summed E-state index contributed by atoms with van der Waals surface area (Å²) in [5.74, 6) is 0.0293.